The molecule has 1 aliphatic rings. The number of anilines is 1. The topological polar surface area (TPSA) is 38.2 Å². The van der Waals surface area contributed by atoms with Crippen LogP contribution in [0.15, 0.2) is 12.3 Å². The number of aromatic nitrogens is 2. The van der Waals surface area contributed by atoms with Gasteiger partial charge in [0.25, 0.3) is 0 Å². The Hall–Kier alpha value is -0.870. The molecule has 4 nitrogen and oxygen atoms in total. The third-order valence-electron chi connectivity index (χ3n) is 2.42. The fraction of sp³-hybridized carbons (Fsp3) is 0.600. The van der Waals surface area contributed by atoms with Crippen LogP contribution in [-0.4, -0.2) is 36.5 Å². The Morgan fingerprint density at radius 3 is 3.27 bits per heavy atom. The lowest BCUT2D eigenvalue weighted by molar-refractivity contribution is 0.129. The molecule has 0 amide bonds. The van der Waals surface area contributed by atoms with Gasteiger partial charge in [-0.3, -0.25) is 0 Å². The van der Waals surface area contributed by atoms with Gasteiger partial charge in [-0.1, -0.05) is 18.5 Å². The molecular formula is C10H14ClN3O. The first-order valence-electron chi connectivity index (χ1n) is 5.06. The van der Waals surface area contributed by atoms with Crippen molar-refractivity contribution in [3.8, 4) is 0 Å². The number of halogens is 1. The fourth-order valence-corrected chi connectivity index (χ4v) is 1.87. The van der Waals surface area contributed by atoms with Crippen LogP contribution in [0, 0.1) is 5.92 Å². The van der Waals surface area contributed by atoms with Crippen LogP contribution in [0.3, 0.4) is 0 Å². The van der Waals surface area contributed by atoms with Crippen molar-refractivity contribution >= 4 is 17.3 Å². The van der Waals surface area contributed by atoms with E-state index in [0.29, 0.717) is 11.1 Å². The summed E-state index contributed by atoms with van der Waals surface area (Å²) in [6.07, 6.45) is 1.74. The molecule has 0 spiro atoms. The lowest BCUT2D eigenvalue weighted by atomic mass is 10.2. The molecule has 0 aliphatic carbocycles. The van der Waals surface area contributed by atoms with E-state index < -0.39 is 0 Å². The molecule has 0 radical (unpaired) electrons. The van der Waals surface area contributed by atoms with E-state index in [1.807, 2.05) is 6.07 Å². The molecule has 0 aromatic carbocycles. The SMILES string of the molecule is CC1COCCN(c2cnnc(Cl)c2)C1. The lowest BCUT2D eigenvalue weighted by Crippen LogP contribution is -2.29. The van der Waals surface area contributed by atoms with Crippen LogP contribution in [0.5, 0.6) is 0 Å². The highest BCUT2D eigenvalue weighted by Crippen LogP contribution is 2.18. The van der Waals surface area contributed by atoms with Crippen LogP contribution in [0.4, 0.5) is 5.69 Å². The summed E-state index contributed by atoms with van der Waals surface area (Å²) in [6.45, 7) is 5.61. The monoisotopic (exact) mass is 227 g/mol. The number of ether oxygens (including phenoxy) is 1. The molecule has 1 saturated heterocycles. The number of nitrogens with zero attached hydrogens (tertiary/aromatic N) is 3. The normalized spacial score (nSPS) is 22.5. The van der Waals surface area contributed by atoms with Crippen molar-refractivity contribution < 1.29 is 4.74 Å². The summed E-state index contributed by atoms with van der Waals surface area (Å²) in [4.78, 5) is 2.23. The average molecular weight is 228 g/mol. The van der Waals surface area contributed by atoms with Crippen molar-refractivity contribution in [2.24, 2.45) is 5.92 Å². The van der Waals surface area contributed by atoms with Gasteiger partial charge in [-0.15, -0.1) is 5.10 Å². The maximum absolute atomic E-state index is 5.81. The smallest absolute Gasteiger partial charge is 0.153 e. The van der Waals surface area contributed by atoms with Gasteiger partial charge in [0.2, 0.25) is 0 Å². The minimum atomic E-state index is 0.435. The van der Waals surface area contributed by atoms with Gasteiger partial charge < -0.3 is 9.64 Å². The number of hydrogen-bond acceptors (Lipinski definition) is 4. The molecule has 1 aromatic rings. The average Bonchev–Trinajstić information content (AvgIpc) is 2.43. The van der Waals surface area contributed by atoms with Gasteiger partial charge in [-0.2, -0.15) is 5.10 Å². The van der Waals surface area contributed by atoms with E-state index in [1.54, 1.807) is 6.20 Å². The Bertz CT molecular complexity index is 334. The second kappa shape index (κ2) is 4.77. The Balaban J connectivity index is 2.14. The van der Waals surface area contributed by atoms with Gasteiger partial charge in [-0.05, 0) is 5.92 Å². The van der Waals surface area contributed by atoms with E-state index in [4.69, 9.17) is 16.3 Å². The van der Waals surface area contributed by atoms with Crippen LogP contribution in [0.25, 0.3) is 0 Å². The van der Waals surface area contributed by atoms with Crippen molar-refractivity contribution in [2.75, 3.05) is 31.2 Å². The summed E-state index contributed by atoms with van der Waals surface area (Å²) in [7, 11) is 0. The minimum absolute atomic E-state index is 0.435. The highest BCUT2D eigenvalue weighted by molar-refractivity contribution is 6.29. The zero-order valence-electron chi connectivity index (χ0n) is 8.69. The third kappa shape index (κ3) is 2.79. The Morgan fingerprint density at radius 1 is 1.60 bits per heavy atom. The second-order valence-electron chi connectivity index (χ2n) is 3.86. The van der Waals surface area contributed by atoms with Crippen molar-refractivity contribution in [3.05, 3.63) is 17.4 Å². The van der Waals surface area contributed by atoms with E-state index in [0.717, 1.165) is 32.0 Å². The largest absolute Gasteiger partial charge is 0.379 e. The predicted molar refractivity (Wildman–Crippen MR) is 59.2 cm³/mol. The molecule has 0 N–H and O–H groups in total. The van der Waals surface area contributed by atoms with E-state index in [1.165, 1.54) is 0 Å². The molecule has 0 bridgehead atoms. The molecule has 0 saturated carbocycles. The molecule has 2 rings (SSSR count). The first-order chi connectivity index (χ1) is 7.25. The quantitative estimate of drug-likeness (QED) is 0.731. The minimum Gasteiger partial charge on any atom is -0.379 e. The Kier molecular flexibility index (Phi) is 3.38. The summed E-state index contributed by atoms with van der Waals surface area (Å²) in [5.41, 5.74) is 1.02. The molecule has 1 aliphatic heterocycles. The van der Waals surface area contributed by atoms with Crippen LogP contribution in [0.1, 0.15) is 6.92 Å². The molecule has 15 heavy (non-hydrogen) atoms. The van der Waals surface area contributed by atoms with Gasteiger partial charge in [0.05, 0.1) is 25.1 Å². The van der Waals surface area contributed by atoms with Crippen LogP contribution < -0.4 is 4.90 Å². The molecule has 1 fully saturated rings. The van der Waals surface area contributed by atoms with Gasteiger partial charge in [0.15, 0.2) is 5.15 Å². The molecule has 5 heteroatoms. The second-order valence-corrected chi connectivity index (χ2v) is 4.25. The van der Waals surface area contributed by atoms with Crippen LogP contribution >= 0.6 is 11.6 Å². The molecule has 1 unspecified atom stereocenters. The summed E-state index contributed by atoms with van der Waals surface area (Å²) in [6, 6.07) is 1.84. The van der Waals surface area contributed by atoms with Crippen molar-refractivity contribution in [2.45, 2.75) is 6.92 Å². The van der Waals surface area contributed by atoms with Crippen LogP contribution in [0.2, 0.25) is 5.15 Å². The lowest BCUT2D eigenvalue weighted by Gasteiger charge is -2.23. The predicted octanol–water partition coefficient (Wildman–Crippen LogP) is 1.60. The summed E-state index contributed by atoms with van der Waals surface area (Å²) >= 11 is 5.81. The van der Waals surface area contributed by atoms with Gasteiger partial charge >= 0.3 is 0 Å². The first-order valence-corrected chi connectivity index (χ1v) is 5.44. The molecule has 2 heterocycles. The van der Waals surface area contributed by atoms with E-state index in [2.05, 4.69) is 22.0 Å². The van der Waals surface area contributed by atoms with E-state index in [-0.39, 0.29) is 0 Å². The summed E-state index contributed by atoms with van der Waals surface area (Å²) < 4.78 is 5.48. The zero-order valence-corrected chi connectivity index (χ0v) is 9.44. The zero-order chi connectivity index (χ0) is 10.7. The van der Waals surface area contributed by atoms with Gasteiger partial charge in [0, 0.05) is 19.2 Å². The van der Waals surface area contributed by atoms with Crippen LogP contribution in [-0.2, 0) is 4.74 Å². The maximum Gasteiger partial charge on any atom is 0.153 e. The van der Waals surface area contributed by atoms with Crippen molar-refractivity contribution in [3.63, 3.8) is 0 Å². The van der Waals surface area contributed by atoms with Crippen molar-refractivity contribution in [1.29, 1.82) is 0 Å². The number of rotatable bonds is 1. The van der Waals surface area contributed by atoms with E-state index >= 15 is 0 Å². The molecule has 1 aromatic heterocycles. The van der Waals surface area contributed by atoms with Gasteiger partial charge in [-0.25, -0.2) is 0 Å². The summed E-state index contributed by atoms with van der Waals surface area (Å²) in [5.74, 6) is 0.527. The molecular weight excluding hydrogens is 214 g/mol. The molecule has 1 atom stereocenters. The van der Waals surface area contributed by atoms with E-state index in [9.17, 15) is 0 Å². The summed E-state index contributed by atoms with van der Waals surface area (Å²) in [5, 5.41) is 8.02. The first kappa shape index (κ1) is 10.6. The highest BCUT2D eigenvalue weighted by Gasteiger charge is 2.15. The molecule has 82 valence electrons. The van der Waals surface area contributed by atoms with Crippen molar-refractivity contribution in [1.82, 2.24) is 10.2 Å². The number of hydrogen-bond donors (Lipinski definition) is 0. The fourth-order valence-electron chi connectivity index (χ4n) is 1.72. The Morgan fingerprint density at radius 2 is 2.47 bits per heavy atom. The third-order valence-corrected chi connectivity index (χ3v) is 2.60. The maximum atomic E-state index is 5.81. The van der Waals surface area contributed by atoms with Gasteiger partial charge in [0.1, 0.15) is 0 Å². The highest BCUT2D eigenvalue weighted by atomic mass is 35.5. The standard InChI is InChI=1S/C10H14ClN3O/c1-8-6-14(2-3-15-7-8)9-4-10(11)13-12-5-9/h4-5,8H,2-3,6-7H2,1H3. The Labute approximate surface area is 94.2 Å².